The minimum absolute atomic E-state index is 0. The van der Waals surface area contributed by atoms with Crippen molar-refractivity contribution in [2.75, 3.05) is 26.7 Å². The number of amides is 1. The number of non-ortho nitro benzene ring substituents is 1. The Kier molecular flexibility index (Phi) is 5.91. The lowest BCUT2D eigenvalue weighted by Crippen LogP contribution is -2.30. The van der Waals surface area contributed by atoms with Crippen molar-refractivity contribution < 1.29 is 9.72 Å². The van der Waals surface area contributed by atoms with Gasteiger partial charge in [-0.25, -0.2) is 0 Å². The first-order chi connectivity index (χ1) is 9.11. The molecule has 6 nitrogen and oxygen atoms in total. The molecule has 1 saturated heterocycles. The van der Waals surface area contributed by atoms with E-state index in [4.69, 9.17) is 0 Å². The third kappa shape index (κ3) is 3.68. The second-order valence-corrected chi connectivity index (χ2v) is 4.77. The van der Waals surface area contributed by atoms with Gasteiger partial charge in [0.15, 0.2) is 0 Å². The molecule has 1 heterocycles. The van der Waals surface area contributed by atoms with Crippen molar-refractivity contribution in [3.8, 4) is 0 Å². The average molecular weight is 300 g/mol. The summed E-state index contributed by atoms with van der Waals surface area (Å²) in [5, 5.41) is 13.7. The molecule has 2 rings (SSSR count). The van der Waals surface area contributed by atoms with E-state index in [-0.39, 0.29) is 24.0 Å². The third-order valence-corrected chi connectivity index (χ3v) is 3.39. The molecule has 0 spiro atoms. The number of likely N-dealkylation sites (tertiary alicyclic amines) is 1. The minimum Gasteiger partial charge on any atom is -0.338 e. The van der Waals surface area contributed by atoms with Gasteiger partial charge in [0.05, 0.1) is 4.92 Å². The minimum atomic E-state index is -0.465. The zero-order valence-corrected chi connectivity index (χ0v) is 12.1. The summed E-state index contributed by atoms with van der Waals surface area (Å²) in [6, 6.07) is 5.78. The molecule has 0 saturated carbocycles. The molecular weight excluding hydrogens is 282 g/mol. The Morgan fingerprint density at radius 2 is 2.10 bits per heavy atom. The van der Waals surface area contributed by atoms with Gasteiger partial charge in [0.1, 0.15) is 0 Å². The lowest BCUT2D eigenvalue weighted by Gasteiger charge is -2.16. The van der Waals surface area contributed by atoms with E-state index in [1.807, 2.05) is 11.9 Å². The molecule has 1 amide bonds. The fourth-order valence-electron chi connectivity index (χ4n) is 2.38. The van der Waals surface area contributed by atoms with Crippen molar-refractivity contribution in [2.45, 2.75) is 6.42 Å². The van der Waals surface area contributed by atoms with E-state index in [0.717, 1.165) is 26.1 Å². The molecule has 0 bridgehead atoms. The number of nitro benzene ring substituents is 1. The molecular formula is C13H18ClN3O3. The normalized spacial score (nSPS) is 17.6. The fourth-order valence-corrected chi connectivity index (χ4v) is 2.38. The molecule has 110 valence electrons. The number of hydrogen-bond donors (Lipinski definition) is 1. The van der Waals surface area contributed by atoms with Crippen molar-refractivity contribution >= 4 is 24.0 Å². The van der Waals surface area contributed by atoms with E-state index in [2.05, 4.69) is 5.32 Å². The smallest absolute Gasteiger partial charge is 0.269 e. The first kappa shape index (κ1) is 16.4. The molecule has 1 aliphatic heterocycles. The molecule has 1 unspecified atom stereocenters. The van der Waals surface area contributed by atoms with Crippen molar-refractivity contribution in [1.29, 1.82) is 0 Å². The Balaban J connectivity index is 0.00000200. The zero-order valence-electron chi connectivity index (χ0n) is 11.2. The van der Waals surface area contributed by atoms with Gasteiger partial charge in [-0.2, -0.15) is 0 Å². The molecule has 7 heteroatoms. The topological polar surface area (TPSA) is 75.5 Å². The summed E-state index contributed by atoms with van der Waals surface area (Å²) in [6.45, 7) is 2.41. The maximum atomic E-state index is 12.2. The highest BCUT2D eigenvalue weighted by atomic mass is 35.5. The van der Waals surface area contributed by atoms with Crippen LogP contribution >= 0.6 is 12.4 Å². The fraction of sp³-hybridized carbons (Fsp3) is 0.462. The van der Waals surface area contributed by atoms with Gasteiger partial charge in [0.25, 0.3) is 11.6 Å². The summed E-state index contributed by atoms with van der Waals surface area (Å²) >= 11 is 0. The highest BCUT2D eigenvalue weighted by Crippen LogP contribution is 2.19. The van der Waals surface area contributed by atoms with E-state index in [1.54, 1.807) is 0 Å². The summed E-state index contributed by atoms with van der Waals surface area (Å²) in [7, 11) is 1.90. The molecule has 1 aliphatic rings. The van der Waals surface area contributed by atoms with Crippen LogP contribution in [0.15, 0.2) is 24.3 Å². The van der Waals surface area contributed by atoms with Gasteiger partial charge in [0, 0.05) is 30.8 Å². The van der Waals surface area contributed by atoms with Crippen LogP contribution in [0.5, 0.6) is 0 Å². The third-order valence-electron chi connectivity index (χ3n) is 3.39. The van der Waals surface area contributed by atoms with Gasteiger partial charge >= 0.3 is 0 Å². The molecule has 0 radical (unpaired) electrons. The van der Waals surface area contributed by atoms with Crippen LogP contribution in [0.1, 0.15) is 16.8 Å². The number of carbonyl (C=O) groups excluding carboxylic acids is 1. The van der Waals surface area contributed by atoms with Crippen LogP contribution in [0.25, 0.3) is 0 Å². The van der Waals surface area contributed by atoms with E-state index in [1.165, 1.54) is 24.3 Å². The van der Waals surface area contributed by atoms with E-state index < -0.39 is 4.92 Å². The molecule has 0 aromatic heterocycles. The second kappa shape index (κ2) is 7.21. The van der Waals surface area contributed by atoms with Gasteiger partial charge in [-0.05, 0) is 38.1 Å². The number of nitrogens with zero attached hydrogens (tertiary/aromatic N) is 2. The monoisotopic (exact) mass is 299 g/mol. The summed E-state index contributed by atoms with van der Waals surface area (Å²) in [6.07, 6.45) is 1.000. The summed E-state index contributed by atoms with van der Waals surface area (Å²) in [5.74, 6) is 0.445. The molecule has 0 aliphatic carbocycles. The number of hydrogen-bond acceptors (Lipinski definition) is 4. The maximum absolute atomic E-state index is 12.2. The standard InChI is InChI=1S/C13H17N3O3.ClH/c1-14-8-10-6-7-15(9-10)13(17)11-2-4-12(5-3-11)16(18)19;/h2-5,10,14H,6-9H2,1H3;1H. The Labute approximate surface area is 123 Å². The number of rotatable bonds is 4. The van der Waals surface area contributed by atoms with Crippen molar-refractivity contribution in [1.82, 2.24) is 10.2 Å². The predicted octanol–water partition coefficient (Wildman–Crippen LogP) is 1.70. The van der Waals surface area contributed by atoms with Crippen LogP contribution in [0.4, 0.5) is 5.69 Å². The van der Waals surface area contributed by atoms with Crippen LogP contribution in [-0.2, 0) is 0 Å². The molecule has 1 fully saturated rings. The van der Waals surface area contributed by atoms with Crippen molar-refractivity contribution in [3.63, 3.8) is 0 Å². The summed E-state index contributed by atoms with van der Waals surface area (Å²) < 4.78 is 0. The van der Waals surface area contributed by atoms with Gasteiger partial charge < -0.3 is 10.2 Å². The lowest BCUT2D eigenvalue weighted by atomic mass is 10.1. The van der Waals surface area contributed by atoms with Crippen molar-refractivity contribution in [3.05, 3.63) is 39.9 Å². The number of nitro groups is 1. The number of carbonyl (C=O) groups is 1. The van der Waals surface area contributed by atoms with E-state index in [9.17, 15) is 14.9 Å². The molecule has 1 aromatic carbocycles. The molecule has 1 atom stereocenters. The number of nitrogens with one attached hydrogen (secondary N) is 1. The highest BCUT2D eigenvalue weighted by molar-refractivity contribution is 5.94. The molecule has 1 N–H and O–H groups in total. The van der Waals surface area contributed by atoms with Crippen LogP contribution in [0.2, 0.25) is 0 Å². The zero-order chi connectivity index (χ0) is 13.8. The van der Waals surface area contributed by atoms with E-state index in [0.29, 0.717) is 11.5 Å². The largest absolute Gasteiger partial charge is 0.338 e. The summed E-state index contributed by atoms with van der Waals surface area (Å²) in [5.41, 5.74) is 0.515. The summed E-state index contributed by atoms with van der Waals surface area (Å²) in [4.78, 5) is 24.1. The number of benzene rings is 1. The maximum Gasteiger partial charge on any atom is 0.269 e. The molecule has 20 heavy (non-hydrogen) atoms. The van der Waals surface area contributed by atoms with Gasteiger partial charge in [0.2, 0.25) is 0 Å². The Morgan fingerprint density at radius 1 is 1.45 bits per heavy atom. The highest BCUT2D eigenvalue weighted by Gasteiger charge is 2.26. The van der Waals surface area contributed by atoms with Gasteiger partial charge in [-0.15, -0.1) is 12.4 Å². The Bertz CT molecular complexity index is 478. The first-order valence-electron chi connectivity index (χ1n) is 6.30. The van der Waals surface area contributed by atoms with Crippen molar-refractivity contribution in [2.24, 2.45) is 5.92 Å². The predicted molar refractivity (Wildman–Crippen MR) is 78.3 cm³/mol. The van der Waals surface area contributed by atoms with Crippen LogP contribution in [0, 0.1) is 16.0 Å². The second-order valence-electron chi connectivity index (χ2n) is 4.77. The average Bonchev–Trinajstić information content (AvgIpc) is 2.87. The van der Waals surface area contributed by atoms with Crippen LogP contribution in [0.3, 0.4) is 0 Å². The van der Waals surface area contributed by atoms with Gasteiger partial charge in [-0.1, -0.05) is 0 Å². The van der Waals surface area contributed by atoms with Crippen LogP contribution < -0.4 is 5.32 Å². The van der Waals surface area contributed by atoms with E-state index >= 15 is 0 Å². The first-order valence-corrected chi connectivity index (χ1v) is 6.30. The Hall–Kier alpha value is -1.66. The molecule has 1 aromatic rings. The van der Waals surface area contributed by atoms with Crippen LogP contribution in [-0.4, -0.2) is 42.4 Å². The SMILES string of the molecule is CNCC1CCN(C(=O)c2ccc([N+](=O)[O-])cc2)C1.Cl. The number of halogens is 1. The Morgan fingerprint density at radius 3 is 2.65 bits per heavy atom. The lowest BCUT2D eigenvalue weighted by molar-refractivity contribution is -0.384. The quantitative estimate of drug-likeness (QED) is 0.678. The van der Waals surface area contributed by atoms with Gasteiger partial charge in [-0.3, -0.25) is 14.9 Å².